The molecule has 0 saturated carbocycles. The van der Waals surface area contributed by atoms with Crippen LogP contribution in [0.25, 0.3) is 0 Å². The molecule has 2 aromatic rings. The number of hydrogen-bond donors (Lipinski definition) is 0. The van der Waals surface area contributed by atoms with E-state index < -0.39 is 0 Å². The molecule has 1 aliphatic heterocycles. The van der Waals surface area contributed by atoms with Crippen molar-refractivity contribution >= 4 is 11.6 Å². The summed E-state index contributed by atoms with van der Waals surface area (Å²) in [6, 6.07) is 7.61. The molecule has 0 bridgehead atoms. The van der Waals surface area contributed by atoms with Gasteiger partial charge in [0.25, 0.3) is 0 Å². The minimum Gasteiger partial charge on any atom is -0.491 e. The molecular formula is C18H24ClN3O2. The van der Waals surface area contributed by atoms with Crippen molar-refractivity contribution in [3.63, 3.8) is 0 Å². The van der Waals surface area contributed by atoms with E-state index in [1.54, 1.807) is 0 Å². The highest BCUT2D eigenvalue weighted by Gasteiger charge is 2.19. The lowest BCUT2D eigenvalue weighted by Crippen LogP contribution is -2.47. The molecule has 0 spiro atoms. The van der Waals surface area contributed by atoms with E-state index in [0.717, 1.165) is 56.5 Å². The molecule has 0 aliphatic carbocycles. The largest absolute Gasteiger partial charge is 0.491 e. The number of ether oxygens (including phenoxy) is 1. The Hall–Kier alpha value is -1.56. The third-order valence-corrected chi connectivity index (χ3v) is 4.84. The quantitative estimate of drug-likeness (QED) is 0.801. The van der Waals surface area contributed by atoms with Crippen molar-refractivity contribution in [1.82, 2.24) is 15.0 Å². The average Bonchev–Trinajstić information content (AvgIpc) is 2.90. The Morgan fingerprint density at radius 1 is 1.12 bits per heavy atom. The highest BCUT2D eigenvalue weighted by atomic mass is 35.5. The Morgan fingerprint density at radius 2 is 1.83 bits per heavy atom. The molecule has 3 rings (SSSR count). The Balaban J connectivity index is 1.40. The van der Waals surface area contributed by atoms with E-state index in [1.165, 1.54) is 5.56 Å². The summed E-state index contributed by atoms with van der Waals surface area (Å²) in [7, 11) is 0. The fourth-order valence-electron chi connectivity index (χ4n) is 2.97. The summed E-state index contributed by atoms with van der Waals surface area (Å²) in [5.41, 5.74) is 2.23. The van der Waals surface area contributed by atoms with E-state index in [4.69, 9.17) is 20.9 Å². The van der Waals surface area contributed by atoms with Gasteiger partial charge >= 0.3 is 0 Å². The Morgan fingerprint density at radius 3 is 2.50 bits per heavy atom. The van der Waals surface area contributed by atoms with Gasteiger partial charge in [0.15, 0.2) is 0 Å². The number of aromatic nitrogens is 1. The Bertz CT molecular complexity index is 647. The van der Waals surface area contributed by atoms with Gasteiger partial charge in [0.05, 0.1) is 10.7 Å². The fraction of sp³-hybridized carbons (Fsp3) is 0.500. The van der Waals surface area contributed by atoms with Crippen molar-refractivity contribution in [2.75, 3.05) is 39.3 Å². The zero-order chi connectivity index (χ0) is 16.9. The monoisotopic (exact) mass is 349 g/mol. The number of nitrogens with zero attached hydrogens (tertiary/aromatic N) is 3. The number of rotatable bonds is 6. The van der Waals surface area contributed by atoms with Crippen LogP contribution >= 0.6 is 11.6 Å². The molecule has 5 nitrogen and oxygen atoms in total. The van der Waals surface area contributed by atoms with Gasteiger partial charge in [0.1, 0.15) is 18.1 Å². The molecule has 0 N–H and O–H groups in total. The maximum Gasteiger partial charge on any atom is 0.138 e. The zero-order valence-electron chi connectivity index (χ0n) is 14.3. The molecule has 0 radical (unpaired) electrons. The lowest BCUT2D eigenvalue weighted by Gasteiger charge is -2.34. The Kier molecular flexibility index (Phi) is 5.76. The predicted molar refractivity (Wildman–Crippen MR) is 94.6 cm³/mol. The first-order valence-corrected chi connectivity index (χ1v) is 8.75. The Labute approximate surface area is 148 Å². The summed E-state index contributed by atoms with van der Waals surface area (Å²) in [4.78, 5) is 4.89. The number of aryl methyl sites for hydroxylation is 2. The molecule has 1 saturated heterocycles. The minimum atomic E-state index is 0.660. The normalized spacial score (nSPS) is 16.5. The molecule has 1 aliphatic rings. The van der Waals surface area contributed by atoms with Crippen LogP contribution in [0.1, 0.15) is 17.0 Å². The maximum absolute atomic E-state index is 6.10. The standard InChI is InChI=1S/C18H24ClN3O2/c1-14-16(15(2)24-20-14)13-22-9-7-21(8-10-22)11-12-23-18-6-4-3-5-17(18)19/h3-6H,7-13H2,1-2H3. The molecule has 6 heteroatoms. The van der Waals surface area contributed by atoms with Crippen LogP contribution in [0, 0.1) is 13.8 Å². The predicted octanol–water partition coefficient (Wildman–Crippen LogP) is 3.14. The van der Waals surface area contributed by atoms with Gasteiger partial charge in [-0.15, -0.1) is 0 Å². The van der Waals surface area contributed by atoms with E-state index in [9.17, 15) is 0 Å². The van der Waals surface area contributed by atoms with Crippen LogP contribution in [0.15, 0.2) is 28.8 Å². The van der Waals surface area contributed by atoms with Crippen LogP contribution in [0.4, 0.5) is 0 Å². The smallest absolute Gasteiger partial charge is 0.138 e. The summed E-state index contributed by atoms with van der Waals surface area (Å²) in [5, 5.41) is 4.70. The molecule has 0 amide bonds. The van der Waals surface area contributed by atoms with Crippen LogP contribution in [-0.4, -0.2) is 54.3 Å². The number of piperazine rings is 1. The molecule has 130 valence electrons. The minimum absolute atomic E-state index is 0.660. The van der Waals surface area contributed by atoms with Gasteiger partial charge in [-0.25, -0.2) is 0 Å². The van der Waals surface area contributed by atoms with Crippen LogP contribution in [0.5, 0.6) is 5.75 Å². The van der Waals surface area contributed by atoms with Crippen LogP contribution in [0.3, 0.4) is 0 Å². The average molecular weight is 350 g/mol. The number of halogens is 1. The molecular weight excluding hydrogens is 326 g/mol. The SMILES string of the molecule is Cc1noc(C)c1CN1CCN(CCOc2ccccc2Cl)CC1. The molecule has 24 heavy (non-hydrogen) atoms. The summed E-state index contributed by atoms with van der Waals surface area (Å²) in [6.45, 7) is 10.7. The van der Waals surface area contributed by atoms with E-state index in [2.05, 4.69) is 15.0 Å². The van der Waals surface area contributed by atoms with Crippen LogP contribution in [0.2, 0.25) is 5.02 Å². The second-order valence-electron chi connectivity index (χ2n) is 6.20. The van der Waals surface area contributed by atoms with Gasteiger partial charge in [0, 0.05) is 44.8 Å². The van der Waals surface area contributed by atoms with E-state index in [1.807, 2.05) is 38.1 Å². The molecule has 1 fully saturated rings. The first-order chi connectivity index (χ1) is 11.6. The first kappa shape index (κ1) is 17.3. The number of benzene rings is 1. The first-order valence-electron chi connectivity index (χ1n) is 8.37. The van der Waals surface area contributed by atoms with Crippen LogP contribution in [-0.2, 0) is 6.54 Å². The van der Waals surface area contributed by atoms with Crippen molar-refractivity contribution in [1.29, 1.82) is 0 Å². The van der Waals surface area contributed by atoms with Gasteiger partial charge in [-0.1, -0.05) is 28.9 Å². The maximum atomic E-state index is 6.10. The highest BCUT2D eigenvalue weighted by molar-refractivity contribution is 6.32. The summed E-state index contributed by atoms with van der Waals surface area (Å²) < 4.78 is 11.0. The fourth-order valence-corrected chi connectivity index (χ4v) is 3.16. The molecule has 1 aromatic carbocycles. The lowest BCUT2D eigenvalue weighted by molar-refractivity contribution is 0.112. The molecule has 2 heterocycles. The summed E-state index contributed by atoms with van der Waals surface area (Å²) >= 11 is 6.10. The zero-order valence-corrected chi connectivity index (χ0v) is 15.1. The van der Waals surface area contributed by atoms with Gasteiger partial charge in [-0.05, 0) is 26.0 Å². The number of hydrogen-bond acceptors (Lipinski definition) is 5. The lowest BCUT2D eigenvalue weighted by atomic mass is 10.2. The third-order valence-electron chi connectivity index (χ3n) is 4.53. The van der Waals surface area contributed by atoms with Crippen LogP contribution < -0.4 is 4.74 Å². The highest BCUT2D eigenvalue weighted by Crippen LogP contribution is 2.23. The number of para-hydroxylation sites is 1. The molecule has 0 atom stereocenters. The van der Waals surface area contributed by atoms with E-state index in [0.29, 0.717) is 11.6 Å². The van der Waals surface area contributed by atoms with Crippen molar-refractivity contribution in [2.45, 2.75) is 20.4 Å². The van der Waals surface area contributed by atoms with Crippen molar-refractivity contribution in [2.24, 2.45) is 0 Å². The summed E-state index contributed by atoms with van der Waals surface area (Å²) in [5.74, 6) is 1.69. The topological polar surface area (TPSA) is 41.7 Å². The third kappa shape index (κ3) is 4.29. The van der Waals surface area contributed by atoms with Crippen molar-refractivity contribution in [3.8, 4) is 5.75 Å². The van der Waals surface area contributed by atoms with E-state index in [-0.39, 0.29) is 0 Å². The van der Waals surface area contributed by atoms with Crippen molar-refractivity contribution in [3.05, 3.63) is 46.3 Å². The molecule has 0 unspecified atom stereocenters. The van der Waals surface area contributed by atoms with Gasteiger partial charge in [0.2, 0.25) is 0 Å². The second-order valence-corrected chi connectivity index (χ2v) is 6.61. The molecule has 1 aromatic heterocycles. The summed E-state index contributed by atoms with van der Waals surface area (Å²) in [6.07, 6.45) is 0. The van der Waals surface area contributed by atoms with Gasteiger partial charge in [-0.3, -0.25) is 9.80 Å². The second kappa shape index (κ2) is 8.01. The van der Waals surface area contributed by atoms with Gasteiger partial charge < -0.3 is 9.26 Å². The van der Waals surface area contributed by atoms with Crippen molar-refractivity contribution < 1.29 is 9.26 Å². The van der Waals surface area contributed by atoms with Gasteiger partial charge in [-0.2, -0.15) is 0 Å². The van der Waals surface area contributed by atoms with E-state index >= 15 is 0 Å².